The Hall–Kier alpha value is -2.47. The van der Waals surface area contributed by atoms with Gasteiger partial charge in [0.1, 0.15) is 5.75 Å². The summed E-state index contributed by atoms with van der Waals surface area (Å²) in [5.74, 6) is 1.23. The summed E-state index contributed by atoms with van der Waals surface area (Å²) in [6.07, 6.45) is 1.90. The highest BCUT2D eigenvalue weighted by molar-refractivity contribution is 7.90. The van der Waals surface area contributed by atoms with Gasteiger partial charge in [-0.25, -0.2) is 13.4 Å². The smallest absolute Gasteiger partial charge is 0.192 e. The van der Waals surface area contributed by atoms with E-state index in [9.17, 15) is 13.5 Å². The van der Waals surface area contributed by atoms with E-state index in [0.717, 1.165) is 24.9 Å². The molecule has 1 unspecified atom stereocenters. The van der Waals surface area contributed by atoms with Crippen LogP contribution in [0.4, 0.5) is 0 Å². The van der Waals surface area contributed by atoms with E-state index in [4.69, 9.17) is 10.00 Å². The second-order valence-electron chi connectivity index (χ2n) is 7.62. The number of aliphatic hydroxyl groups excluding tert-OH is 1. The summed E-state index contributed by atoms with van der Waals surface area (Å²) in [4.78, 5) is 6.14. The minimum Gasteiger partial charge on any atom is -0.492 e. The second kappa shape index (κ2) is 8.91. The average Bonchev–Trinajstić information content (AvgIpc) is 3.05. The lowest BCUT2D eigenvalue weighted by atomic mass is 9.99. The van der Waals surface area contributed by atoms with Crippen LogP contribution in [0.15, 0.2) is 47.6 Å². The fourth-order valence-electron chi connectivity index (χ4n) is 3.55. The molecule has 0 aliphatic carbocycles. The molecule has 2 aromatic rings. The topological polar surface area (TPSA) is 104 Å². The third-order valence-electron chi connectivity index (χ3n) is 5.23. The van der Waals surface area contributed by atoms with Crippen LogP contribution >= 0.6 is 0 Å². The molecule has 0 bridgehead atoms. The summed E-state index contributed by atoms with van der Waals surface area (Å²) in [6, 6.07) is 12.2. The molecule has 0 saturated carbocycles. The van der Waals surface area contributed by atoms with Crippen molar-refractivity contribution in [1.82, 2.24) is 9.88 Å². The number of rotatable bonds is 7. The van der Waals surface area contributed by atoms with Crippen molar-refractivity contribution in [3.05, 3.63) is 53.7 Å². The number of likely N-dealkylation sites (tertiary alicyclic amines) is 1. The molecule has 1 aromatic heterocycles. The van der Waals surface area contributed by atoms with Crippen LogP contribution in [-0.2, 0) is 9.84 Å². The zero-order chi connectivity index (χ0) is 21.0. The molecule has 8 heteroatoms. The van der Waals surface area contributed by atoms with Gasteiger partial charge in [-0.15, -0.1) is 0 Å². The fraction of sp³-hybridized carbons (Fsp3) is 0.429. The predicted octanol–water partition coefficient (Wildman–Crippen LogP) is 2.04. The molecule has 0 radical (unpaired) electrons. The van der Waals surface area contributed by atoms with E-state index in [1.807, 2.05) is 6.07 Å². The molecular formula is C21H25N3O4S. The largest absolute Gasteiger partial charge is 0.492 e. The maximum Gasteiger partial charge on any atom is 0.192 e. The van der Waals surface area contributed by atoms with Crippen LogP contribution in [0.25, 0.3) is 0 Å². The minimum atomic E-state index is -3.32. The van der Waals surface area contributed by atoms with Crippen LogP contribution in [0.5, 0.6) is 5.75 Å². The number of aliphatic hydroxyl groups is 1. The number of ether oxygens (including phenoxy) is 1. The molecule has 1 aromatic carbocycles. The zero-order valence-corrected chi connectivity index (χ0v) is 17.3. The Labute approximate surface area is 171 Å². The number of aromatic nitrogens is 1. The molecule has 1 fully saturated rings. The Kier molecular flexibility index (Phi) is 6.52. The van der Waals surface area contributed by atoms with E-state index < -0.39 is 15.9 Å². The van der Waals surface area contributed by atoms with Gasteiger partial charge in [0.25, 0.3) is 0 Å². The number of sulfone groups is 1. The lowest BCUT2D eigenvalue weighted by Gasteiger charge is -2.20. The SMILES string of the molecule is C[C@@H]1CN(CC(O)c2cccc(C#N)c2)C[C@H]1COc1ccc(S(C)(=O)=O)nc1. The molecule has 1 saturated heterocycles. The van der Waals surface area contributed by atoms with Gasteiger partial charge in [-0.1, -0.05) is 19.1 Å². The monoisotopic (exact) mass is 415 g/mol. The van der Waals surface area contributed by atoms with Crippen molar-refractivity contribution in [3.63, 3.8) is 0 Å². The number of β-amino-alcohol motifs (C(OH)–C–C–N with tert-alkyl or cyclic N) is 1. The lowest BCUT2D eigenvalue weighted by Crippen LogP contribution is -2.27. The lowest BCUT2D eigenvalue weighted by molar-refractivity contribution is 0.121. The Morgan fingerprint density at radius 3 is 2.79 bits per heavy atom. The molecule has 2 heterocycles. The maximum atomic E-state index is 11.5. The molecule has 0 spiro atoms. The van der Waals surface area contributed by atoms with Gasteiger partial charge in [-0.2, -0.15) is 5.26 Å². The average molecular weight is 416 g/mol. The Morgan fingerprint density at radius 2 is 2.14 bits per heavy atom. The van der Waals surface area contributed by atoms with Crippen molar-refractivity contribution in [3.8, 4) is 11.8 Å². The molecule has 1 aliphatic heterocycles. The maximum absolute atomic E-state index is 11.5. The Morgan fingerprint density at radius 1 is 1.34 bits per heavy atom. The molecule has 154 valence electrons. The van der Waals surface area contributed by atoms with E-state index in [0.29, 0.717) is 36.3 Å². The standard InChI is InChI=1S/C21H25N3O4S/c1-15-11-24(13-20(25)17-5-3-4-16(8-17)9-22)12-18(15)14-28-19-6-7-21(23-10-19)29(2,26)27/h3-8,10,15,18,20,25H,11-14H2,1-2H3/t15-,18+,20?/m1/s1. The van der Waals surface area contributed by atoms with Crippen molar-refractivity contribution in [2.75, 3.05) is 32.5 Å². The summed E-state index contributed by atoms with van der Waals surface area (Å²) in [5.41, 5.74) is 1.28. The van der Waals surface area contributed by atoms with E-state index in [-0.39, 0.29) is 5.03 Å². The van der Waals surface area contributed by atoms with Crippen molar-refractivity contribution < 1.29 is 18.3 Å². The number of pyridine rings is 1. The second-order valence-corrected chi connectivity index (χ2v) is 9.59. The van der Waals surface area contributed by atoms with Crippen LogP contribution in [0.1, 0.15) is 24.2 Å². The third kappa shape index (κ3) is 5.54. The molecule has 7 nitrogen and oxygen atoms in total. The van der Waals surface area contributed by atoms with Crippen molar-refractivity contribution in [2.24, 2.45) is 11.8 Å². The van der Waals surface area contributed by atoms with Crippen LogP contribution < -0.4 is 4.74 Å². The van der Waals surface area contributed by atoms with Crippen LogP contribution in [0.3, 0.4) is 0 Å². The highest BCUT2D eigenvalue weighted by Gasteiger charge is 2.31. The van der Waals surface area contributed by atoms with Gasteiger partial charge in [0, 0.05) is 31.8 Å². The Balaban J connectivity index is 1.53. The first kappa shape index (κ1) is 21.2. The molecule has 3 atom stereocenters. The van der Waals surface area contributed by atoms with Gasteiger partial charge in [-0.3, -0.25) is 4.90 Å². The summed E-state index contributed by atoms with van der Waals surface area (Å²) in [7, 11) is -3.32. The fourth-order valence-corrected chi connectivity index (χ4v) is 4.11. The van der Waals surface area contributed by atoms with Gasteiger partial charge in [0.2, 0.25) is 0 Å². The molecular weight excluding hydrogens is 390 g/mol. The van der Waals surface area contributed by atoms with Crippen LogP contribution in [0, 0.1) is 23.2 Å². The summed E-state index contributed by atoms with van der Waals surface area (Å²) >= 11 is 0. The number of benzene rings is 1. The van der Waals surface area contributed by atoms with Crippen molar-refractivity contribution in [2.45, 2.75) is 18.1 Å². The van der Waals surface area contributed by atoms with Crippen LogP contribution in [-0.4, -0.2) is 55.9 Å². The summed E-state index contributed by atoms with van der Waals surface area (Å²) < 4.78 is 28.8. The normalized spacial score (nSPS) is 20.9. The zero-order valence-electron chi connectivity index (χ0n) is 16.5. The van der Waals surface area contributed by atoms with Crippen LogP contribution in [0.2, 0.25) is 0 Å². The van der Waals surface area contributed by atoms with E-state index >= 15 is 0 Å². The minimum absolute atomic E-state index is 0.0275. The number of nitrogens with zero attached hydrogens (tertiary/aromatic N) is 3. The van der Waals surface area contributed by atoms with Gasteiger partial charge < -0.3 is 9.84 Å². The predicted molar refractivity (Wildman–Crippen MR) is 108 cm³/mol. The first-order valence-electron chi connectivity index (χ1n) is 9.45. The molecule has 0 amide bonds. The molecule has 29 heavy (non-hydrogen) atoms. The first-order valence-corrected chi connectivity index (χ1v) is 11.3. The highest BCUT2D eigenvalue weighted by Crippen LogP contribution is 2.26. The van der Waals surface area contributed by atoms with Gasteiger partial charge in [0.05, 0.1) is 30.5 Å². The number of hydrogen-bond acceptors (Lipinski definition) is 7. The van der Waals surface area contributed by atoms with E-state index in [1.165, 1.54) is 12.3 Å². The highest BCUT2D eigenvalue weighted by atomic mass is 32.2. The van der Waals surface area contributed by atoms with E-state index in [1.54, 1.807) is 24.3 Å². The Bertz CT molecular complexity index is 986. The number of hydrogen-bond donors (Lipinski definition) is 1. The quantitative estimate of drug-likeness (QED) is 0.738. The summed E-state index contributed by atoms with van der Waals surface area (Å²) in [5, 5.41) is 19.6. The van der Waals surface area contributed by atoms with Gasteiger partial charge in [-0.05, 0) is 35.7 Å². The van der Waals surface area contributed by atoms with Crippen molar-refractivity contribution in [1.29, 1.82) is 5.26 Å². The van der Waals surface area contributed by atoms with Crippen molar-refractivity contribution >= 4 is 9.84 Å². The van der Waals surface area contributed by atoms with E-state index in [2.05, 4.69) is 22.9 Å². The molecule has 1 aliphatic rings. The molecule has 3 rings (SSSR count). The third-order valence-corrected chi connectivity index (χ3v) is 6.23. The number of nitriles is 1. The van der Waals surface area contributed by atoms with Gasteiger partial charge in [0.15, 0.2) is 14.9 Å². The van der Waals surface area contributed by atoms with Gasteiger partial charge >= 0.3 is 0 Å². The first-order chi connectivity index (χ1) is 13.8. The summed E-state index contributed by atoms with van der Waals surface area (Å²) in [6.45, 7) is 4.80. The molecule has 1 N–H and O–H groups in total.